The van der Waals surface area contributed by atoms with Gasteiger partial charge in [-0.05, 0) is 38.6 Å². The van der Waals surface area contributed by atoms with Gasteiger partial charge in [0, 0.05) is 18.8 Å². The van der Waals surface area contributed by atoms with Crippen molar-refractivity contribution in [3.63, 3.8) is 0 Å². The molecule has 1 atom stereocenters. The van der Waals surface area contributed by atoms with Crippen LogP contribution in [0.4, 0.5) is 0 Å². The number of ether oxygens (including phenoxy) is 1. The normalized spacial score (nSPS) is 12.3. The lowest BCUT2D eigenvalue weighted by Crippen LogP contribution is -2.07. The Hall–Kier alpha value is -1.88. The quantitative estimate of drug-likeness (QED) is 0.843. The van der Waals surface area contributed by atoms with Crippen LogP contribution in [0.25, 0.3) is 0 Å². The molecule has 1 N–H and O–H groups in total. The van der Waals surface area contributed by atoms with E-state index < -0.39 is 0 Å². The van der Waals surface area contributed by atoms with Crippen molar-refractivity contribution in [3.05, 3.63) is 42.0 Å². The van der Waals surface area contributed by atoms with Gasteiger partial charge in [0.05, 0.1) is 17.6 Å². The second-order valence-corrected chi connectivity index (χ2v) is 4.85. The molecule has 0 saturated heterocycles. The highest BCUT2D eigenvalue weighted by Crippen LogP contribution is 2.13. The Morgan fingerprint density at radius 2 is 2.15 bits per heavy atom. The van der Waals surface area contributed by atoms with Crippen molar-refractivity contribution < 1.29 is 4.74 Å². The minimum Gasteiger partial charge on any atom is -0.486 e. The van der Waals surface area contributed by atoms with Gasteiger partial charge in [0.2, 0.25) is 0 Å². The Bertz CT molecular complexity index is 521. The number of rotatable bonds is 7. The monoisotopic (exact) mass is 274 g/mol. The molecule has 0 aliphatic rings. The minimum atomic E-state index is 0.422. The van der Waals surface area contributed by atoms with E-state index in [1.54, 1.807) is 6.20 Å². The Morgan fingerprint density at radius 1 is 1.30 bits per heavy atom. The van der Waals surface area contributed by atoms with Crippen molar-refractivity contribution in [2.45, 2.75) is 39.5 Å². The standard InChI is InChI=1S/C15H22N4O/c1-4-12(2)19-8-7-14(18-19)11-20-15-6-5-13(9-16-3)17-10-15/h5-8,10,12,16H,4,9,11H2,1-3H3. The zero-order valence-corrected chi connectivity index (χ0v) is 12.3. The summed E-state index contributed by atoms with van der Waals surface area (Å²) >= 11 is 0. The summed E-state index contributed by atoms with van der Waals surface area (Å²) in [6, 6.07) is 6.32. The molecule has 0 aliphatic carbocycles. The van der Waals surface area contributed by atoms with E-state index >= 15 is 0 Å². The number of nitrogens with one attached hydrogen (secondary N) is 1. The fourth-order valence-electron chi connectivity index (χ4n) is 1.83. The zero-order chi connectivity index (χ0) is 14.4. The molecule has 2 rings (SSSR count). The predicted octanol–water partition coefficient (Wildman–Crippen LogP) is 2.55. The first kappa shape index (κ1) is 14.5. The maximum absolute atomic E-state index is 5.69. The molecule has 2 aromatic heterocycles. The third kappa shape index (κ3) is 3.81. The molecule has 5 heteroatoms. The van der Waals surface area contributed by atoms with Gasteiger partial charge in [-0.15, -0.1) is 0 Å². The van der Waals surface area contributed by atoms with Crippen molar-refractivity contribution in [1.29, 1.82) is 0 Å². The maximum Gasteiger partial charge on any atom is 0.138 e. The molecule has 0 radical (unpaired) electrons. The van der Waals surface area contributed by atoms with E-state index in [0.717, 1.165) is 30.1 Å². The van der Waals surface area contributed by atoms with Gasteiger partial charge in [0.25, 0.3) is 0 Å². The van der Waals surface area contributed by atoms with Gasteiger partial charge in [-0.3, -0.25) is 9.67 Å². The van der Waals surface area contributed by atoms with Crippen molar-refractivity contribution in [1.82, 2.24) is 20.1 Å². The van der Waals surface area contributed by atoms with Crippen molar-refractivity contribution in [2.75, 3.05) is 7.05 Å². The minimum absolute atomic E-state index is 0.422. The largest absolute Gasteiger partial charge is 0.486 e. The lowest BCUT2D eigenvalue weighted by atomic mass is 10.3. The van der Waals surface area contributed by atoms with Crippen molar-refractivity contribution >= 4 is 0 Å². The third-order valence-electron chi connectivity index (χ3n) is 3.25. The van der Waals surface area contributed by atoms with E-state index in [4.69, 9.17) is 4.74 Å². The fourth-order valence-corrected chi connectivity index (χ4v) is 1.83. The van der Waals surface area contributed by atoms with Crippen LogP contribution in [0.5, 0.6) is 5.75 Å². The van der Waals surface area contributed by atoms with Gasteiger partial charge in [-0.25, -0.2) is 0 Å². The van der Waals surface area contributed by atoms with Gasteiger partial charge in [0.1, 0.15) is 12.4 Å². The summed E-state index contributed by atoms with van der Waals surface area (Å²) in [6.07, 6.45) is 4.82. The number of hydrogen-bond donors (Lipinski definition) is 1. The molecule has 0 aromatic carbocycles. The molecule has 20 heavy (non-hydrogen) atoms. The molecule has 0 spiro atoms. The number of pyridine rings is 1. The van der Waals surface area contributed by atoms with E-state index in [-0.39, 0.29) is 0 Å². The number of hydrogen-bond acceptors (Lipinski definition) is 4. The average molecular weight is 274 g/mol. The predicted molar refractivity (Wildman–Crippen MR) is 78.6 cm³/mol. The highest BCUT2D eigenvalue weighted by Gasteiger charge is 2.05. The van der Waals surface area contributed by atoms with Gasteiger partial charge < -0.3 is 10.1 Å². The maximum atomic E-state index is 5.69. The van der Waals surface area contributed by atoms with Crippen LogP contribution < -0.4 is 10.1 Å². The van der Waals surface area contributed by atoms with Gasteiger partial charge in [-0.2, -0.15) is 5.10 Å². The van der Waals surface area contributed by atoms with E-state index in [2.05, 4.69) is 29.2 Å². The van der Waals surface area contributed by atoms with Gasteiger partial charge in [-0.1, -0.05) is 6.92 Å². The molecule has 0 amide bonds. The molecule has 0 saturated carbocycles. The Labute approximate surface area is 120 Å². The lowest BCUT2D eigenvalue weighted by molar-refractivity contribution is 0.296. The van der Waals surface area contributed by atoms with Crippen LogP contribution in [0.15, 0.2) is 30.6 Å². The Kier molecular flexibility index (Phi) is 5.12. The van der Waals surface area contributed by atoms with E-state index in [1.807, 2.05) is 36.1 Å². The summed E-state index contributed by atoms with van der Waals surface area (Å²) in [4.78, 5) is 4.31. The van der Waals surface area contributed by atoms with E-state index in [9.17, 15) is 0 Å². The first-order valence-corrected chi connectivity index (χ1v) is 6.99. The number of aromatic nitrogens is 3. The third-order valence-corrected chi connectivity index (χ3v) is 3.25. The molecule has 2 aromatic rings. The zero-order valence-electron chi connectivity index (χ0n) is 12.3. The summed E-state index contributed by atoms with van der Waals surface area (Å²) in [7, 11) is 1.90. The van der Waals surface area contributed by atoms with E-state index in [1.165, 1.54) is 0 Å². The van der Waals surface area contributed by atoms with Crippen LogP contribution in [-0.4, -0.2) is 21.8 Å². The lowest BCUT2D eigenvalue weighted by Gasteiger charge is -2.08. The summed E-state index contributed by atoms with van der Waals surface area (Å²) < 4.78 is 7.67. The Morgan fingerprint density at radius 3 is 2.80 bits per heavy atom. The van der Waals surface area contributed by atoms with Crippen LogP contribution in [0.1, 0.15) is 37.7 Å². The van der Waals surface area contributed by atoms with Crippen LogP contribution in [0, 0.1) is 0 Å². The second-order valence-electron chi connectivity index (χ2n) is 4.85. The highest BCUT2D eigenvalue weighted by molar-refractivity contribution is 5.20. The average Bonchev–Trinajstić information content (AvgIpc) is 2.95. The molecule has 5 nitrogen and oxygen atoms in total. The first-order chi connectivity index (χ1) is 9.72. The number of nitrogens with zero attached hydrogens (tertiary/aromatic N) is 3. The molecule has 0 fully saturated rings. The first-order valence-electron chi connectivity index (χ1n) is 6.99. The second kappa shape index (κ2) is 7.05. The molecule has 0 bridgehead atoms. The van der Waals surface area contributed by atoms with Crippen LogP contribution in [-0.2, 0) is 13.2 Å². The van der Waals surface area contributed by atoms with Gasteiger partial charge in [0.15, 0.2) is 0 Å². The SMILES string of the molecule is CCC(C)n1ccc(COc2ccc(CNC)nc2)n1. The fraction of sp³-hybridized carbons (Fsp3) is 0.467. The summed E-state index contributed by atoms with van der Waals surface area (Å²) in [5, 5.41) is 7.57. The molecule has 2 heterocycles. The molecular weight excluding hydrogens is 252 g/mol. The summed E-state index contributed by atoms with van der Waals surface area (Å²) in [5.41, 5.74) is 1.94. The Balaban J connectivity index is 1.89. The summed E-state index contributed by atoms with van der Waals surface area (Å²) in [5.74, 6) is 0.767. The van der Waals surface area contributed by atoms with Crippen molar-refractivity contribution in [2.24, 2.45) is 0 Å². The van der Waals surface area contributed by atoms with Gasteiger partial charge >= 0.3 is 0 Å². The molecule has 0 aliphatic heterocycles. The highest BCUT2D eigenvalue weighted by atomic mass is 16.5. The molecule has 108 valence electrons. The smallest absolute Gasteiger partial charge is 0.138 e. The summed E-state index contributed by atoms with van der Waals surface area (Å²) in [6.45, 7) is 5.54. The van der Waals surface area contributed by atoms with E-state index in [0.29, 0.717) is 12.6 Å². The molecule has 1 unspecified atom stereocenters. The van der Waals surface area contributed by atoms with Crippen LogP contribution >= 0.6 is 0 Å². The van der Waals surface area contributed by atoms with Crippen LogP contribution in [0.2, 0.25) is 0 Å². The topological polar surface area (TPSA) is 52.0 Å². The van der Waals surface area contributed by atoms with Crippen molar-refractivity contribution in [3.8, 4) is 5.75 Å². The molecular formula is C15H22N4O. The van der Waals surface area contributed by atoms with Crippen LogP contribution in [0.3, 0.4) is 0 Å².